The minimum atomic E-state index is -2.31. The Labute approximate surface area is 300 Å². The van der Waals surface area contributed by atoms with Crippen LogP contribution in [-0.4, -0.2) is 91.6 Å². The first-order valence-electron chi connectivity index (χ1n) is 16.3. The van der Waals surface area contributed by atoms with Crippen molar-refractivity contribution in [2.24, 2.45) is 0 Å². The first kappa shape index (κ1) is 35.3. The van der Waals surface area contributed by atoms with Gasteiger partial charge in [0.25, 0.3) is 0 Å². The number of carbonyl (C=O) groups is 2. The molecule has 1 aliphatic carbocycles. The summed E-state index contributed by atoms with van der Waals surface area (Å²) in [5.41, 5.74) is -5.01. The second kappa shape index (κ2) is 12.5. The van der Waals surface area contributed by atoms with Crippen LogP contribution in [0.4, 0.5) is 15.0 Å². The van der Waals surface area contributed by atoms with Crippen molar-refractivity contribution in [2.45, 2.75) is 88.0 Å². The van der Waals surface area contributed by atoms with Crippen molar-refractivity contribution in [1.82, 2.24) is 39.7 Å². The second-order valence-corrected chi connectivity index (χ2v) is 14.5. The number of nitrogens with zero attached hydrogens (tertiary/aromatic N) is 8. The molecule has 6 atom stereocenters. The largest absolute Gasteiger partial charge is 0.479 e. The molecule has 18 heteroatoms. The average Bonchev–Trinajstić information content (AvgIpc) is 3.55. The van der Waals surface area contributed by atoms with Gasteiger partial charge in [0.15, 0.2) is 40.8 Å². The summed E-state index contributed by atoms with van der Waals surface area (Å²) < 4.78 is 36.7. The number of carboxylic acid groups (broad SMARTS) is 1. The zero-order valence-electron chi connectivity index (χ0n) is 28.6. The van der Waals surface area contributed by atoms with Crippen LogP contribution in [0.15, 0.2) is 67.0 Å². The fourth-order valence-corrected chi connectivity index (χ4v) is 6.64. The zero-order chi connectivity index (χ0) is 37.2. The van der Waals surface area contributed by atoms with Crippen molar-refractivity contribution in [3.63, 3.8) is 0 Å². The van der Waals surface area contributed by atoms with E-state index in [1.165, 1.54) is 15.6 Å². The molecule has 0 spiro atoms. The number of aromatic nitrogens is 8. The standard InChI is InChI=1S/C34H35ClFN9O7/c1-31(2,3)52-30(48)39-24-20-25(40-29(35)38-24)44(17-37-20)26-21(36)34(49)22(50-26)23(34)51-33(28(46)47,16-18-12-8-6-9-13-18)27-41-42-43-45(27)32(4,5)19-14-10-7-11-15-19/h6-15,17,21-23,26,49H,16H2,1-5H3,(H,46,47)(H,38,39,40,48)/t21-,22-,23?,26-,33?,34+/m1/s1. The Hall–Kier alpha value is -5.10. The Kier molecular flexibility index (Phi) is 8.52. The van der Waals surface area contributed by atoms with E-state index in [0.29, 0.717) is 5.56 Å². The SMILES string of the molecule is CC(C)(C)OC(=O)Nc1nc(Cl)nc2c1ncn2[C@@H]1O[C@@H]2C(OC(Cc3ccccc3)(C(=O)O)c3nnnn3C(C)(C)c3ccccc3)[C@]2(O)[C@@H]1F. The summed E-state index contributed by atoms with van der Waals surface area (Å²) in [7, 11) is 0. The maximum absolute atomic E-state index is 16.5. The van der Waals surface area contributed by atoms with Crippen LogP contribution in [0, 0.1) is 0 Å². The molecule has 3 N–H and O–H groups in total. The molecule has 2 fully saturated rings. The molecular formula is C34H35ClFN9O7. The molecule has 0 bridgehead atoms. The molecule has 16 nitrogen and oxygen atoms in total. The summed E-state index contributed by atoms with van der Waals surface area (Å²) in [5, 5.41) is 37.1. The van der Waals surface area contributed by atoms with Gasteiger partial charge in [-0.15, -0.1) is 5.10 Å². The summed E-state index contributed by atoms with van der Waals surface area (Å²) in [6.45, 7) is 8.70. The number of carboxylic acids is 1. The first-order chi connectivity index (χ1) is 24.6. The van der Waals surface area contributed by atoms with Gasteiger partial charge in [0.1, 0.15) is 17.8 Å². The first-order valence-corrected chi connectivity index (χ1v) is 16.7. The third-order valence-corrected chi connectivity index (χ3v) is 9.32. The highest BCUT2D eigenvalue weighted by atomic mass is 35.5. The van der Waals surface area contributed by atoms with Crippen LogP contribution >= 0.6 is 11.6 Å². The molecule has 52 heavy (non-hydrogen) atoms. The number of rotatable bonds is 10. The van der Waals surface area contributed by atoms with Crippen LogP contribution in [0.5, 0.6) is 0 Å². The molecule has 7 rings (SSSR count). The number of nitrogens with one attached hydrogen (secondary N) is 1. The van der Waals surface area contributed by atoms with Crippen molar-refractivity contribution in [3.8, 4) is 0 Å². The van der Waals surface area contributed by atoms with Crippen LogP contribution in [0.3, 0.4) is 0 Å². The molecule has 272 valence electrons. The van der Waals surface area contributed by atoms with Gasteiger partial charge >= 0.3 is 12.1 Å². The van der Waals surface area contributed by atoms with E-state index < -0.39 is 59.0 Å². The van der Waals surface area contributed by atoms with E-state index in [4.69, 9.17) is 25.8 Å². The lowest BCUT2D eigenvalue weighted by Crippen LogP contribution is -2.48. The minimum absolute atomic E-state index is 0.00708. The van der Waals surface area contributed by atoms with Crippen molar-refractivity contribution in [2.75, 3.05) is 5.32 Å². The Morgan fingerprint density at radius 1 is 1.06 bits per heavy atom. The lowest BCUT2D eigenvalue weighted by Gasteiger charge is -2.34. The van der Waals surface area contributed by atoms with Gasteiger partial charge < -0.3 is 24.4 Å². The van der Waals surface area contributed by atoms with Gasteiger partial charge in [-0.05, 0) is 67.8 Å². The fourth-order valence-electron chi connectivity index (χ4n) is 6.48. The van der Waals surface area contributed by atoms with Gasteiger partial charge in [-0.1, -0.05) is 60.7 Å². The molecule has 2 aromatic carbocycles. The Balaban J connectivity index is 1.22. The van der Waals surface area contributed by atoms with Gasteiger partial charge in [0, 0.05) is 6.42 Å². The van der Waals surface area contributed by atoms with E-state index in [2.05, 4.69) is 35.8 Å². The Morgan fingerprint density at radius 2 is 1.73 bits per heavy atom. The van der Waals surface area contributed by atoms with Crippen LogP contribution in [0.2, 0.25) is 5.28 Å². The molecule has 1 aliphatic heterocycles. The van der Waals surface area contributed by atoms with E-state index in [1.807, 2.05) is 44.2 Å². The molecule has 0 radical (unpaired) electrons. The monoisotopic (exact) mass is 735 g/mol. The lowest BCUT2D eigenvalue weighted by atomic mass is 9.90. The summed E-state index contributed by atoms with van der Waals surface area (Å²) in [6.07, 6.45) is -6.34. The van der Waals surface area contributed by atoms with Crippen LogP contribution in [0.25, 0.3) is 11.2 Å². The number of amides is 1. The highest BCUT2D eigenvalue weighted by Crippen LogP contribution is 2.59. The van der Waals surface area contributed by atoms with Gasteiger partial charge in [0.05, 0.1) is 11.9 Å². The van der Waals surface area contributed by atoms with E-state index in [9.17, 15) is 19.8 Å². The number of halogens is 2. The summed E-state index contributed by atoms with van der Waals surface area (Å²) in [5.74, 6) is -1.73. The summed E-state index contributed by atoms with van der Waals surface area (Å²) in [4.78, 5) is 38.4. The lowest BCUT2D eigenvalue weighted by molar-refractivity contribution is -0.185. The number of imidazole rings is 1. The van der Waals surface area contributed by atoms with Crippen molar-refractivity contribution in [1.29, 1.82) is 0 Å². The van der Waals surface area contributed by atoms with E-state index >= 15 is 4.39 Å². The molecule has 4 heterocycles. The molecule has 1 saturated heterocycles. The number of benzene rings is 2. The van der Waals surface area contributed by atoms with Crippen molar-refractivity contribution >= 4 is 40.6 Å². The molecule has 1 amide bonds. The number of fused-ring (bicyclic) bond motifs is 2. The normalized spacial score (nSPS) is 23.9. The summed E-state index contributed by atoms with van der Waals surface area (Å²) >= 11 is 6.17. The molecule has 5 aromatic rings. The quantitative estimate of drug-likeness (QED) is 0.173. The number of alkyl halides is 1. The number of tetrazole rings is 1. The van der Waals surface area contributed by atoms with E-state index in [-0.39, 0.29) is 34.5 Å². The molecular weight excluding hydrogens is 701 g/mol. The van der Waals surface area contributed by atoms with Gasteiger partial charge in [-0.2, -0.15) is 9.97 Å². The highest BCUT2D eigenvalue weighted by Gasteiger charge is 2.80. The highest BCUT2D eigenvalue weighted by molar-refractivity contribution is 6.28. The van der Waals surface area contributed by atoms with Crippen molar-refractivity contribution < 1.29 is 38.4 Å². The molecule has 2 unspecified atom stereocenters. The third kappa shape index (κ3) is 5.92. The van der Waals surface area contributed by atoms with Gasteiger partial charge in [0.2, 0.25) is 10.9 Å². The van der Waals surface area contributed by atoms with Gasteiger partial charge in [-0.3, -0.25) is 9.88 Å². The van der Waals surface area contributed by atoms with Crippen LogP contribution in [0.1, 0.15) is 57.8 Å². The Bertz CT molecular complexity index is 2150. The predicted octanol–water partition coefficient (Wildman–Crippen LogP) is 4.18. The maximum Gasteiger partial charge on any atom is 0.413 e. The van der Waals surface area contributed by atoms with Crippen LogP contribution in [-0.2, 0) is 36.6 Å². The smallest absolute Gasteiger partial charge is 0.413 e. The number of hydrogen-bond acceptors (Lipinski definition) is 12. The zero-order valence-corrected chi connectivity index (χ0v) is 29.4. The molecule has 2 aliphatic rings. The average molecular weight is 736 g/mol. The van der Waals surface area contributed by atoms with E-state index in [0.717, 1.165) is 5.56 Å². The van der Waals surface area contributed by atoms with Gasteiger partial charge in [-0.25, -0.2) is 23.6 Å². The molecule has 3 aromatic heterocycles. The van der Waals surface area contributed by atoms with E-state index in [1.54, 1.807) is 51.1 Å². The topological polar surface area (TPSA) is 202 Å². The Morgan fingerprint density at radius 3 is 2.35 bits per heavy atom. The number of ether oxygens (including phenoxy) is 3. The number of carbonyl (C=O) groups excluding carboxylic acids is 1. The number of aliphatic hydroxyl groups is 1. The number of aliphatic carboxylic acids is 1. The minimum Gasteiger partial charge on any atom is -0.479 e. The predicted molar refractivity (Wildman–Crippen MR) is 181 cm³/mol. The third-order valence-electron chi connectivity index (χ3n) is 9.15. The van der Waals surface area contributed by atoms with Crippen molar-refractivity contribution in [3.05, 3.63) is 89.2 Å². The summed E-state index contributed by atoms with van der Waals surface area (Å²) in [6, 6.07) is 17.9. The second-order valence-electron chi connectivity index (χ2n) is 14.2. The number of hydrogen-bond donors (Lipinski definition) is 3. The number of anilines is 1. The molecule has 1 saturated carbocycles. The fraction of sp³-hybridized carbons (Fsp3) is 0.412. The van der Waals surface area contributed by atoms with Crippen LogP contribution < -0.4 is 5.32 Å². The maximum atomic E-state index is 16.5.